The molecule has 1 radical (unpaired) electrons. The number of pyridine rings is 1. The van der Waals surface area contributed by atoms with Gasteiger partial charge in [-0.3, -0.25) is 9.67 Å². The minimum atomic E-state index is -0.301. The molecule has 0 aliphatic carbocycles. The Labute approximate surface area is 173 Å². The minimum absolute atomic E-state index is 0.159. The third kappa shape index (κ3) is 4.49. The van der Waals surface area contributed by atoms with E-state index in [1.165, 1.54) is 0 Å². The lowest BCUT2D eigenvalue weighted by Gasteiger charge is -2.19. The van der Waals surface area contributed by atoms with Gasteiger partial charge in [0.2, 0.25) is 0 Å². The zero-order chi connectivity index (χ0) is 19.6. The molecule has 0 saturated heterocycles. The molecule has 0 spiro atoms. The van der Waals surface area contributed by atoms with Crippen molar-refractivity contribution in [2.75, 3.05) is 7.11 Å². The van der Waals surface area contributed by atoms with Crippen LogP contribution < -0.4 is 0 Å². The second-order valence-corrected chi connectivity index (χ2v) is 8.24. The number of methoxy groups -OCH3 is 1. The van der Waals surface area contributed by atoms with Crippen molar-refractivity contribution in [3.8, 4) is 0 Å². The molecule has 2 aromatic heterocycles. The molecule has 0 saturated carbocycles. The summed E-state index contributed by atoms with van der Waals surface area (Å²) in [6.45, 7) is 8.33. The topological polar surface area (TPSA) is 39.9 Å². The van der Waals surface area contributed by atoms with Gasteiger partial charge in [0, 0.05) is 46.0 Å². The Hall–Kier alpha value is -1.53. The van der Waals surface area contributed by atoms with Gasteiger partial charge in [0.1, 0.15) is 11.1 Å². The van der Waals surface area contributed by atoms with Crippen LogP contribution in [0, 0.1) is 6.92 Å². The van der Waals surface area contributed by atoms with Gasteiger partial charge >= 0.3 is 0 Å². The highest BCUT2D eigenvalue weighted by Crippen LogP contribution is 2.41. The van der Waals surface area contributed by atoms with E-state index in [1.807, 2.05) is 28.9 Å². The molecule has 1 aromatic carbocycles. The molecular formula is C20H20Cl2N3OS. The van der Waals surface area contributed by atoms with Crippen molar-refractivity contribution < 1.29 is 4.74 Å². The number of benzene rings is 1. The van der Waals surface area contributed by atoms with Gasteiger partial charge in [-0.15, -0.1) is 0 Å². The average Bonchev–Trinajstić information content (AvgIpc) is 2.93. The third-order valence-corrected chi connectivity index (χ3v) is 5.53. The summed E-state index contributed by atoms with van der Waals surface area (Å²) in [5.41, 5.74) is 2.60. The zero-order valence-corrected chi connectivity index (χ0v) is 17.6. The molecule has 3 aromatic rings. The Bertz CT molecular complexity index is 908. The first-order valence-electron chi connectivity index (χ1n) is 8.41. The quantitative estimate of drug-likeness (QED) is 0.473. The summed E-state index contributed by atoms with van der Waals surface area (Å²) >= 11 is 13.9. The number of rotatable bonds is 6. The van der Waals surface area contributed by atoms with Crippen molar-refractivity contribution in [3.63, 3.8) is 0 Å². The number of ether oxygens (including phenoxy) is 1. The Morgan fingerprint density at radius 1 is 1.11 bits per heavy atom. The van der Waals surface area contributed by atoms with Crippen molar-refractivity contribution in [1.82, 2.24) is 14.8 Å². The molecule has 0 aliphatic heterocycles. The van der Waals surface area contributed by atoms with Crippen LogP contribution in [-0.2, 0) is 4.74 Å². The fourth-order valence-corrected chi connectivity index (χ4v) is 4.78. The predicted octanol–water partition coefficient (Wildman–Crippen LogP) is 6.23. The standard InChI is InChI=1S/C20H20Cl2N3OS/c1-12(2)25-20(27-17-10-15(21)9-16(22)11-17)18(13(3)24-25)19(26-4)14-5-7-23-8-6-14/h5-12,19H,3H2,1-2,4H3. The van der Waals surface area contributed by atoms with Crippen molar-refractivity contribution in [1.29, 1.82) is 0 Å². The van der Waals surface area contributed by atoms with Gasteiger partial charge in [0.25, 0.3) is 0 Å². The lowest BCUT2D eigenvalue weighted by Crippen LogP contribution is -2.08. The van der Waals surface area contributed by atoms with Gasteiger partial charge in [-0.1, -0.05) is 35.0 Å². The average molecular weight is 421 g/mol. The molecular weight excluding hydrogens is 401 g/mol. The molecule has 2 heterocycles. The van der Waals surface area contributed by atoms with Gasteiger partial charge < -0.3 is 4.74 Å². The largest absolute Gasteiger partial charge is 0.372 e. The van der Waals surface area contributed by atoms with E-state index in [0.29, 0.717) is 15.7 Å². The molecule has 0 aliphatic rings. The summed E-state index contributed by atoms with van der Waals surface area (Å²) in [5.74, 6) is 0. The lowest BCUT2D eigenvalue weighted by atomic mass is 10.0. The van der Waals surface area contributed by atoms with Crippen LogP contribution in [0.3, 0.4) is 0 Å². The van der Waals surface area contributed by atoms with Crippen LogP contribution >= 0.6 is 35.0 Å². The third-order valence-electron chi connectivity index (χ3n) is 4.02. The minimum Gasteiger partial charge on any atom is -0.372 e. The van der Waals surface area contributed by atoms with Crippen LogP contribution in [0.1, 0.15) is 42.8 Å². The summed E-state index contributed by atoms with van der Waals surface area (Å²) in [5, 5.41) is 6.81. The molecule has 0 fully saturated rings. The molecule has 0 N–H and O–H groups in total. The van der Waals surface area contributed by atoms with Crippen LogP contribution in [-0.4, -0.2) is 21.9 Å². The number of halogens is 2. The summed E-state index contributed by atoms with van der Waals surface area (Å²) in [6.07, 6.45) is 3.20. The zero-order valence-electron chi connectivity index (χ0n) is 15.3. The Balaban J connectivity index is 2.13. The molecule has 3 rings (SSSR count). The second-order valence-electron chi connectivity index (χ2n) is 6.31. The van der Waals surface area contributed by atoms with Gasteiger partial charge in [-0.2, -0.15) is 5.10 Å². The molecule has 27 heavy (non-hydrogen) atoms. The van der Waals surface area contributed by atoms with E-state index in [1.54, 1.807) is 37.3 Å². The van der Waals surface area contributed by atoms with Crippen LogP contribution in [0.5, 0.6) is 0 Å². The normalized spacial score (nSPS) is 12.6. The monoisotopic (exact) mass is 420 g/mol. The summed E-state index contributed by atoms with van der Waals surface area (Å²) < 4.78 is 7.80. The SMILES string of the molecule is [CH2]c1nn(C(C)C)c(Sc2cc(Cl)cc(Cl)c2)c1C(OC)c1ccncc1. The second kappa shape index (κ2) is 8.65. The lowest BCUT2D eigenvalue weighted by molar-refractivity contribution is 0.133. The van der Waals surface area contributed by atoms with Crippen LogP contribution in [0.15, 0.2) is 52.6 Å². The molecule has 0 bridgehead atoms. The predicted molar refractivity (Wildman–Crippen MR) is 111 cm³/mol. The number of hydrogen-bond acceptors (Lipinski definition) is 4. The van der Waals surface area contributed by atoms with Crippen LogP contribution in [0.25, 0.3) is 0 Å². The molecule has 1 atom stereocenters. The fourth-order valence-electron chi connectivity index (χ4n) is 2.85. The fraction of sp³-hybridized carbons (Fsp3) is 0.250. The van der Waals surface area contributed by atoms with Crippen LogP contribution in [0.2, 0.25) is 10.0 Å². The summed E-state index contributed by atoms with van der Waals surface area (Å²) in [7, 11) is 1.68. The first kappa shape index (κ1) is 20.2. The Kier molecular flexibility index (Phi) is 6.48. The van der Waals surface area contributed by atoms with Gasteiger partial charge in [-0.05, 0) is 56.7 Å². The summed E-state index contributed by atoms with van der Waals surface area (Å²) in [4.78, 5) is 5.03. The Morgan fingerprint density at radius 2 is 1.74 bits per heavy atom. The van der Waals surface area contributed by atoms with E-state index in [2.05, 4.69) is 30.9 Å². The van der Waals surface area contributed by atoms with E-state index < -0.39 is 0 Å². The van der Waals surface area contributed by atoms with E-state index in [4.69, 9.17) is 27.9 Å². The van der Waals surface area contributed by atoms with E-state index in [-0.39, 0.29) is 12.1 Å². The van der Waals surface area contributed by atoms with E-state index in [9.17, 15) is 0 Å². The molecule has 1 unspecified atom stereocenters. The highest BCUT2D eigenvalue weighted by molar-refractivity contribution is 7.99. The highest BCUT2D eigenvalue weighted by Gasteiger charge is 2.26. The number of hydrogen-bond donors (Lipinski definition) is 0. The Morgan fingerprint density at radius 3 is 2.30 bits per heavy atom. The van der Waals surface area contributed by atoms with E-state index >= 15 is 0 Å². The number of nitrogens with zero attached hydrogens (tertiary/aromatic N) is 3. The van der Waals surface area contributed by atoms with Crippen molar-refractivity contribution in [2.24, 2.45) is 0 Å². The molecule has 0 amide bonds. The first-order valence-corrected chi connectivity index (χ1v) is 9.99. The van der Waals surface area contributed by atoms with Crippen molar-refractivity contribution in [2.45, 2.75) is 35.9 Å². The van der Waals surface area contributed by atoms with Gasteiger partial charge in [0.15, 0.2) is 0 Å². The summed E-state index contributed by atoms with van der Waals surface area (Å²) in [6, 6.07) is 9.52. The maximum absolute atomic E-state index is 6.19. The highest BCUT2D eigenvalue weighted by atomic mass is 35.5. The first-order chi connectivity index (χ1) is 12.9. The molecule has 141 valence electrons. The van der Waals surface area contributed by atoms with Gasteiger partial charge in [-0.25, -0.2) is 0 Å². The van der Waals surface area contributed by atoms with E-state index in [0.717, 1.165) is 21.0 Å². The number of aromatic nitrogens is 3. The van der Waals surface area contributed by atoms with Gasteiger partial charge in [0.05, 0.1) is 5.69 Å². The molecule has 4 nitrogen and oxygen atoms in total. The van der Waals surface area contributed by atoms with Crippen molar-refractivity contribution in [3.05, 3.63) is 76.5 Å². The van der Waals surface area contributed by atoms with Crippen LogP contribution in [0.4, 0.5) is 0 Å². The van der Waals surface area contributed by atoms with Crippen molar-refractivity contribution >= 4 is 35.0 Å². The maximum atomic E-state index is 6.19. The maximum Gasteiger partial charge on any atom is 0.112 e. The smallest absolute Gasteiger partial charge is 0.112 e. The molecule has 7 heteroatoms.